The van der Waals surface area contributed by atoms with Gasteiger partial charge < -0.3 is 10.3 Å². The number of thiophene rings is 1. The summed E-state index contributed by atoms with van der Waals surface area (Å²) in [7, 11) is 0. The summed E-state index contributed by atoms with van der Waals surface area (Å²) < 4.78 is 6.63. The van der Waals surface area contributed by atoms with Gasteiger partial charge in [-0.05, 0) is 25.8 Å². The Bertz CT molecular complexity index is 508. The molecule has 0 bridgehead atoms. The number of hydrogen-bond acceptors (Lipinski definition) is 4. The fourth-order valence-electron chi connectivity index (χ4n) is 2.79. The van der Waals surface area contributed by atoms with Crippen LogP contribution >= 0.6 is 11.3 Å². The van der Waals surface area contributed by atoms with E-state index in [4.69, 9.17) is 10.3 Å². The molecule has 0 aromatic carbocycles. The van der Waals surface area contributed by atoms with Crippen molar-refractivity contribution in [2.45, 2.75) is 38.0 Å². The van der Waals surface area contributed by atoms with Crippen LogP contribution in [0.2, 0.25) is 0 Å². The summed E-state index contributed by atoms with van der Waals surface area (Å²) in [6.07, 6.45) is 4.83. The Balaban J connectivity index is 2.16. The molecular weight excluding hydrogens is 220 g/mol. The summed E-state index contributed by atoms with van der Waals surface area (Å²) in [5.41, 5.74) is 8.11. The van der Waals surface area contributed by atoms with E-state index in [1.54, 1.807) is 11.3 Å². The molecule has 1 saturated carbocycles. The van der Waals surface area contributed by atoms with Gasteiger partial charge in [0.2, 0.25) is 0 Å². The van der Waals surface area contributed by atoms with Crippen LogP contribution in [0, 0.1) is 6.92 Å². The predicted octanol–water partition coefficient (Wildman–Crippen LogP) is 2.97. The van der Waals surface area contributed by atoms with Crippen molar-refractivity contribution in [1.29, 1.82) is 0 Å². The second-order valence-electron chi connectivity index (χ2n) is 4.77. The molecule has 0 spiro atoms. The van der Waals surface area contributed by atoms with Gasteiger partial charge in [0.25, 0.3) is 0 Å². The standard InChI is InChI=1S/C12H16N2OS/c1-8-6-9-10(16-8)11(14-15-9)12(7-13)4-2-3-5-12/h6H,2-5,7,13H2,1H3. The van der Waals surface area contributed by atoms with Crippen molar-refractivity contribution in [2.75, 3.05) is 6.54 Å². The Labute approximate surface area is 98.6 Å². The van der Waals surface area contributed by atoms with Gasteiger partial charge in [-0.25, -0.2) is 0 Å². The monoisotopic (exact) mass is 236 g/mol. The number of aromatic nitrogens is 1. The number of fused-ring (bicyclic) bond motifs is 1. The highest BCUT2D eigenvalue weighted by molar-refractivity contribution is 7.19. The highest BCUT2D eigenvalue weighted by atomic mass is 32.1. The van der Waals surface area contributed by atoms with E-state index in [0.717, 1.165) is 24.1 Å². The van der Waals surface area contributed by atoms with E-state index in [1.165, 1.54) is 22.4 Å². The Morgan fingerprint density at radius 2 is 2.25 bits per heavy atom. The van der Waals surface area contributed by atoms with Crippen LogP contribution in [0.15, 0.2) is 10.6 Å². The first-order chi connectivity index (χ1) is 7.75. The van der Waals surface area contributed by atoms with Gasteiger partial charge in [-0.3, -0.25) is 0 Å². The maximum atomic E-state index is 5.98. The van der Waals surface area contributed by atoms with Gasteiger partial charge in [0, 0.05) is 16.8 Å². The van der Waals surface area contributed by atoms with Gasteiger partial charge in [-0.15, -0.1) is 11.3 Å². The van der Waals surface area contributed by atoms with Crippen molar-refractivity contribution < 1.29 is 4.52 Å². The number of nitrogens with two attached hydrogens (primary N) is 1. The van der Waals surface area contributed by atoms with E-state index in [0.29, 0.717) is 6.54 Å². The molecule has 86 valence electrons. The van der Waals surface area contributed by atoms with E-state index in [-0.39, 0.29) is 5.41 Å². The summed E-state index contributed by atoms with van der Waals surface area (Å²) in [4.78, 5) is 1.28. The van der Waals surface area contributed by atoms with Crippen molar-refractivity contribution >= 4 is 21.6 Å². The zero-order valence-corrected chi connectivity index (χ0v) is 10.3. The Morgan fingerprint density at radius 1 is 1.50 bits per heavy atom. The van der Waals surface area contributed by atoms with Crippen molar-refractivity contribution in [2.24, 2.45) is 5.73 Å². The van der Waals surface area contributed by atoms with Gasteiger partial charge in [0.1, 0.15) is 5.69 Å². The van der Waals surface area contributed by atoms with E-state index >= 15 is 0 Å². The van der Waals surface area contributed by atoms with E-state index in [9.17, 15) is 0 Å². The van der Waals surface area contributed by atoms with Gasteiger partial charge in [-0.2, -0.15) is 0 Å². The molecule has 1 fully saturated rings. The van der Waals surface area contributed by atoms with Crippen molar-refractivity contribution in [3.8, 4) is 0 Å². The third-order valence-corrected chi connectivity index (χ3v) is 4.76. The van der Waals surface area contributed by atoms with Gasteiger partial charge in [0.15, 0.2) is 5.58 Å². The number of rotatable bonds is 2. The molecule has 2 aromatic rings. The number of hydrogen-bond donors (Lipinski definition) is 1. The van der Waals surface area contributed by atoms with Crippen molar-refractivity contribution in [3.05, 3.63) is 16.6 Å². The van der Waals surface area contributed by atoms with Crippen LogP contribution in [-0.2, 0) is 5.41 Å². The van der Waals surface area contributed by atoms with Gasteiger partial charge >= 0.3 is 0 Å². The van der Waals surface area contributed by atoms with E-state index < -0.39 is 0 Å². The van der Waals surface area contributed by atoms with Crippen molar-refractivity contribution in [1.82, 2.24) is 5.16 Å². The van der Waals surface area contributed by atoms with Gasteiger partial charge in [0.05, 0.1) is 4.70 Å². The van der Waals surface area contributed by atoms with E-state index in [1.807, 2.05) is 0 Å². The summed E-state index contributed by atoms with van der Waals surface area (Å²) in [5.74, 6) is 0. The molecule has 0 atom stereocenters. The average Bonchev–Trinajstić information content (AvgIpc) is 2.92. The molecule has 16 heavy (non-hydrogen) atoms. The van der Waals surface area contributed by atoms with Crippen LogP contribution in [0.5, 0.6) is 0 Å². The lowest BCUT2D eigenvalue weighted by molar-refractivity contribution is 0.382. The largest absolute Gasteiger partial charge is 0.355 e. The highest BCUT2D eigenvalue weighted by Crippen LogP contribution is 2.44. The second-order valence-corrected chi connectivity index (χ2v) is 6.03. The molecule has 2 N–H and O–H groups in total. The molecule has 0 amide bonds. The highest BCUT2D eigenvalue weighted by Gasteiger charge is 2.39. The SMILES string of the molecule is Cc1cc2onc(C3(CN)CCCC3)c2s1. The normalized spacial score (nSPS) is 19.6. The summed E-state index contributed by atoms with van der Waals surface area (Å²) in [5, 5.41) is 4.28. The minimum Gasteiger partial charge on any atom is -0.355 e. The first-order valence-corrected chi connectivity index (χ1v) is 6.63. The quantitative estimate of drug-likeness (QED) is 0.872. The molecule has 0 saturated heterocycles. The number of nitrogens with zero attached hydrogens (tertiary/aromatic N) is 1. The third-order valence-electron chi connectivity index (χ3n) is 3.73. The lowest BCUT2D eigenvalue weighted by Crippen LogP contribution is -2.32. The summed E-state index contributed by atoms with van der Waals surface area (Å²) >= 11 is 1.77. The minimum atomic E-state index is 0.0859. The first kappa shape index (κ1) is 10.3. The lowest BCUT2D eigenvalue weighted by Gasteiger charge is -2.23. The molecule has 4 heteroatoms. The maximum absolute atomic E-state index is 5.98. The predicted molar refractivity (Wildman–Crippen MR) is 65.8 cm³/mol. The molecule has 0 radical (unpaired) electrons. The van der Waals surface area contributed by atoms with Crippen LogP contribution < -0.4 is 5.73 Å². The minimum absolute atomic E-state index is 0.0859. The smallest absolute Gasteiger partial charge is 0.178 e. The molecule has 0 aliphatic heterocycles. The van der Waals surface area contributed by atoms with E-state index in [2.05, 4.69) is 18.1 Å². The zero-order valence-electron chi connectivity index (χ0n) is 9.45. The van der Waals surface area contributed by atoms with Crippen LogP contribution in [0.4, 0.5) is 0 Å². The lowest BCUT2D eigenvalue weighted by atomic mass is 9.83. The molecular formula is C12H16N2OS. The molecule has 1 aliphatic carbocycles. The third kappa shape index (κ3) is 1.33. The Kier molecular flexibility index (Phi) is 2.30. The number of aryl methyl sites for hydroxylation is 1. The van der Waals surface area contributed by atoms with Gasteiger partial charge in [-0.1, -0.05) is 18.0 Å². The van der Waals surface area contributed by atoms with Crippen molar-refractivity contribution in [3.63, 3.8) is 0 Å². The maximum Gasteiger partial charge on any atom is 0.178 e. The fourth-order valence-corrected chi connectivity index (χ4v) is 3.82. The molecule has 3 rings (SSSR count). The zero-order chi connectivity index (χ0) is 11.2. The summed E-state index contributed by atoms with van der Waals surface area (Å²) in [6, 6.07) is 2.07. The van der Waals surface area contributed by atoms with Crippen LogP contribution in [0.1, 0.15) is 36.3 Å². The summed E-state index contributed by atoms with van der Waals surface area (Å²) in [6.45, 7) is 2.79. The van der Waals surface area contributed by atoms with Crippen LogP contribution in [0.3, 0.4) is 0 Å². The fraction of sp³-hybridized carbons (Fsp3) is 0.583. The van der Waals surface area contributed by atoms with Crippen LogP contribution in [0.25, 0.3) is 10.3 Å². The first-order valence-electron chi connectivity index (χ1n) is 5.81. The molecule has 1 aliphatic rings. The Hall–Kier alpha value is -0.870. The Morgan fingerprint density at radius 3 is 2.94 bits per heavy atom. The molecule has 2 heterocycles. The average molecular weight is 236 g/mol. The van der Waals surface area contributed by atoms with Crippen LogP contribution in [-0.4, -0.2) is 11.7 Å². The molecule has 3 nitrogen and oxygen atoms in total. The molecule has 2 aromatic heterocycles. The topological polar surface area (TPSA) is 52.0 Å². The second kappa shape index (κ2) is 3.57. The molecule has 0 unspecified atom stereocenters.